The number of hydrogen-bond acceptors (Lipinski definition) is 3. The average Bonchev–Trinajstić information content (AvgIpc) is 2.51. The zero-order chi connectivity index (χ0) is 17.7. The maximum absolute atomic E-state index is 12.9. The fourth-order valence-electron chi connectivity index (χ4n) is 2.37. The molecule has 0 fully saturated rings. The molecule has 130 valence electrons. The first-order chi connectivity index (χ1) is 11.3. The molecule has 0 saturated carbocycles. The van der Waals surface area contributed by atoms with Crippen molar-refractivity contribution in [3.05, 3.63) is 70.5 Å². The van der Waals surface area contributed by atoms with Gasteiger partial charge in [0.05, 0.1) is 5.75 Å². The standard InChI is InChI=1S/C17H20ClFN2O2S/c1-21(2)17(15-5-3-4-6-16(15)18)11-20-24(22,23)12-13-7-9-14(19)10-8-13/h3-10,17,20H,11-12H2,1-2H3. The molecule has 2 aromatic carbocycles. The second-order valence-electron chi connectivity index (χ2n) is 5.73. The van der Waals surface area contributed by atoms with Crippen LogP contribution >= 0.6 is 11.6 Å². The first-order valence-electron chi connectivity index (χ1n) is 7.41. The Morgan fingerprint density at radius 2 is 1.75 bits per heavy atom. The van der Waals surface area contributed by atoms with Gasteiger partial charge in [0.25, 0.3) is 0 Å². The van der Waals surface area contributed by atoms with Gasteiger partial charge in [-0.25, -0.2) is 17.5 Å². The molecule has 0 aromatic heterocycles. The largest absolute Gasteiger partial charge is 0.301 e. The molecule has 1 N–H and O–H groups in total. The predicted octanol–water partition coefficient (Wildman–Crippen LogP) is 3.20. The summed E-state index contributed by atoms with van der Waals surface area (Å²) >= 11 is 6.22. The molecule has 1 atom stereocenters. The van der Waals surface area contributed by atoms with Crippen molar-refractivity contribution < 1.29 is 12.8 Å². The van der Waals surface area contributed by atoms with Crippen LogP contribution in [0.25, 0.3) is 0 Å². The zero-order valence-electron chi connectivity index (χ0n) is 13.5. The number of nitrogens with one attached hydrogen (secondary N) is 1. The minimum atomic E-state index is -3.54. The van der Waals surface area contributed by atoms with E-state index in [-0.39, 0.29) is 18.3 Å². The van der Waals surface area contributed by atoms with E-state index < -0.39 is 15.8 Å². The minimum Gasteiger partial charge on any atom is -0.301 e. The van der Waals surface area contributed by atoms with Crippen LogP contribution in [0.4, 0.5) is 4.39 Å². The highest BCUT2D eigenvalue weighted by atomic mass is 35.5. The summed E-state index contributed by atoms with van der Waals surface area (Å²) in [6.07, 6.45) is 0. The van der Waals surface area contributed by atoms with Gasteiger partial charge in [-0.3, -0.25) is 0 Å². The van der Waals surface area contributed by atoms with Gasteiger partial charge < -0.3 is 4.90 Å². The molecule has 0 bridgehead atoms. The lowest BCUT2D eigenvalue weighted by Gasteiger charge is -2.26. The summed E-state index contributed by atoms with van der Waals surface area (Å²) in [7, 11) is 0.188. The number of rotatable bonds is 7. The van der Waals surface area contributed by atoms with Crippen molar-refractivity contribution in [3.8, 4) is 0 Å². The fraction of sp³-hybridized carbons (Fsp3) is 0.294. The van der Waals surface area contributed by atoms with Crippen LogP contribution < -0.4 is 4.72 Å². The molecule has 0 aliphatic heterocycles. The summed E-state index contributed by atoms with van der Waals surface area (Å²) in [6.45, 7) is 0.195. The number of nitrogens with zero attached hydrogens (tertiary/aromatic N) is 1. The van der Waals surface area contributed by atoms with Crippen LogP contribution in [0.2, 0.25) is 5.02 Å². The SMILES string of the molecule is CN(C)C(CNS(=O)(=O)Cc1ccc(F)cc1)c1ccccc1Cl. The van der Waals surface area contributed by atoms with Crippen molar-refractivity contribution in [2.24, 2.45) is 0 Å². The Labute approximate surface area is 147 Å². The van der Waals surface area contributed by atoms with Gasteiger partial charge in [0.15, 0.2) is 0 Å². The maximum atomic E-state index is 12.9. The monoisotopic (exact) mass is 370 g/mol. The van der Waals surface area contributed by atoms with Gasteiger partial charge in [0, 0.05) is 17.6 Å². The number of hydrogen-bond donors (Lipinski definition) is 1. The summed E-state index contributed by atoms with van der Waals surface area (Å²) in [5, 5.41) is 0.592. The summed E-state index contributed by atoms with van der Waals surface area (Å²) in [4.78, 5) is 1.90. The highest BCUT2D eigenvalue weighted by Crippen LogP contribution is 2.25. The molecule has 24 heavy (non-hydrogen) atoms. The number of benzene rings is 2. The van der Waals surface area contributed by atoms with E-state index in [4.69, 9.17) is 11.6 Å². The molecule has 4 nitrogen and oxygen atoms in total. The van der Waals surface area contributed by atoms with E-state index in [0.29, 0.717) is 10.6 Å². The maximum Gasteiger partial charge on any atom is 0.215 e. The minimum absolute atomic E-state index is 0.193. The van der Waals surface area contributed by atoms with Gasteiger partial charge in [-0.2, -0.15) is 0 Å². The highest BCUT2D eigenvalue weighted by Gasteiger charge is 2.20. The van der Waals surface area contributed by atoms with Crippen LogP contribution in [0.1, 0.15) is 17.2 Å². The lowest BCUT2D eigenvalue weighted by molar-refractivity contribution is 0.299. The van der Waals surface area contributed by atoms with Crippen molar-refractivity contribution in [2.75, 3.05) is 20.6 Å². The lowest BCUT2D eigenvalue weighted by atomic mass is 10.1. The molecule has 0 saturated heterocycles. The van der Waals surface area contributed by atoms with Crippen molar-refractivity contribution >= 4 is 21.6 Å². The van der Waals surface area contributed by atoms with Crippen LogP contribution in [0.3, 0.4) is 0 Å². The third-order valence-electron chi connectivity index (χ3n) is 3.65. The van der Waals surface area contributed by atoms with Crippen molar-refractivity contribution in [1.29, 1.82) is 0 Å². The first kappa shape index (κ1) is 18.9. The molecule has 0 spiro atoms. The van der Waals surface area contributed by atoms with Gasteiger partial charge >= 0.3 is 0 Å². The van der Waals surface area contributed by atoms with Gasteiger partial charge in [-0.1, -0.05) is 41.9 Å². The quantitative estimate of drug-likeness (QED) is 0.814. The topological polar surface area (TPSA) is 49.4 Å². The molecule has 2 rings (SSSR count). The van der Waals surface area contributed by atoms with Crippen LogP contribution in [-0.4, -0.2) is 34.0 Å². The smallest absolute Gasteiger partial charge is 0.215 e. The van der Waals surface area contributed by atoms with Gasteiger partial charge in [0.1, 0.15) is 5.82 Å². The Morgan fingerprint density at radius 1 is 1.12 bits per heavy atom. The van der Waals surface area contributed by atoms with E-state index in [1.54, 1.807) is 6.07 Å². The molecule has 0 amide bonds. The van der Waals surface area contributed by atoms with Crippen LogP contribution in [0.15, 0.2) is 48.5 Å². The van der Waals surface area contributed by atoms with Gasteiger partial charge in [-0.05, 0) is 43.4 Å². The van der Waals surface area contributed by atoms with Gasteiger partial charge in [0.2, 0.25) is 10.0 Å². The molecule has 0 aliphatic rings. The van der Waals surface area contributed by atoms with Crippen molar-refractivity contribution in [1.82, 2.24) is 9.62 Å². The van der Waals surface area contributed by atoms with Crippen LogP contribution in [0.5, 0.6) is 0 Å². The van der Waals surface area contributed by atoms with E-state index in [9.17, 15) is 12.8 Å². The third kappa shape index (κ3) is 5.27. The predicted molar refractivity (Wildman–Crippen MR) is 94.9 cm³/mol. The Bertz CT molecular complexity index is 779. The number of sulfonamides is 1. The Kier molecular flexibility index (Phi) is 6.34. The molecule has 7 heteroatoms. The molecule has 0 aliphatic carbocycles. The zero-order valence-corrected chi connectivity index (χ0v) is 15.1. The Hall–Kier alpha value is -1.47. The fourth-order valence-corrected chi connectivity index (χ4v) is 3.78. The summed E-state index contributed by atoms with van der Waals surface area (Å²) in [5.41, 5.74) is 1.39. The van der Waals surface area contributed by atoms with Crippen LogP contribution in [0, 0.1) is 5.82 Å². The number of likely N-dealkylation sites (N-methyl/N-ethyl adjacent to an activating group) is 1. The molecule has 2 aromatic rings. The second kappa shape index (κ2) is 8.07. The Balaban J connectivity index is 2.08. The highest BCUT2D eigenvalue weighted by molar-refractivity contribution is 7.88. The third-order valence-corrected chi connectivity index (χ3v) is 5.32. The molecule has 0 heterocycles. The molecular formula is C17H20ClFN2O2S. The second-order valence-corrected chi connectivity index (χ2v) is 7.95. The van der Waals surface area contributed by atoms with Gasteiger partial charge in [-0.15, -0.1) is 0 Å². The first-order valence-corrected chi connectivity index (χ1v) is 9.44. The summed E-state index contributed by atoms with van der Waals surface area (Å²) in [5.74, 6) is -0.592. The normalized spacial score (nSPS) is 13.2. The Morgan fingerprint density at radius 3 is 2.33 bits per heavy atom. The van der Waals surface area contributed by atoms with Crippen LogP contribution in [-0.2, 0) is 15.8 Å². The van der Waals surface area contributed by atoms with Crippen molar-refractivity contribution in [3.63, 3.8) is 0 Å². The molecule has 1 unspecified atom stereocenters. The van der Waals surface area contributed by atoms with E-state index in [0.717, 1.165) is 5.56 Å². The average molecular weight is 371 g/mol. The molecular weight excluding hydrogens is 351 g/mol. The lowest BCUT2D eigenvalue weighted by Crippen LogP contribution is -2.35. The van der Waals surface area contributed by atoms with Crippen molar-refractivity contribution in [2.45, 2.75) is 11.8 Å². The summed E-state index contributed by atoms with van der Waals surface area (Å²) in [6, 6.07) is 12.6. The van der Waals surface area contributed by atoms with E-state index in [1.165, 1.54) is 24.3 Å². The molecule has 0 radical (unpaired) electrons. The number of halogens is 2. The van der Waals surface area contributed by atoms with E-state index in [1.807, 2.05) is 37.2 Å². The van der Waals surface area contributed by atoms with E-state index >= 15 is 0 Å². The van der Waals surface area contributed by atoms with E-state index in [2.05, 4.69) is 4.72 Å². The summed E-state index contributed by atoms with van der Waals surface area (Å²) < 4.78 is 40.1.